The van der Waals surface area contributed by atoms with E-state index in [0.717, 1.165) is 6.20 Å². The Kier molecular flexibility index (Phi) is 7.06. The second-order valence-corrected chi connectivity index (χ2v) is 6.68. The summed E-state index contributed by atoms with van der Waals surface area (Å²) in [5.41, 5.74) is 3.00. The number of aromatic nitrogens is 1. The average molecular weight is 464 g/mol. The molecule has 0 spiro atoms. The third kappa shape index (κ3) is 5.50. The van der Waals surface area contributed by atoms with Gasteiger partial charge in [-0.2, -0.15) is 5.10 Å². The van der Waals surface area contributed by atoms with Gasteiger partial charge < -0.3 is 14.5 Å². The maximum absolute atomic E-state index is 12.4. The Morgan fingerprint density at radius 3 is 2.81 bits per heavy atom. The molecule has 3 aromatic rings. The molecule has 0 aliphatic heterocycles. The van der Waals surface area contributed by atoms with E-state index in [1.165, 1.54) is 18.3 Å². The van der Waals surface area contributed by atoms with Crippen LogP contribution >= 0.6 is 23.2 Å². The number of ether oxygens (including phenoxy) is 1. The number of esters is 1. The van der Waals surface area contributed by atoms with Crippen molar-refractivity contribution in [3.05, 3.63) is 74.1 Å². The van der Waals surface area contributed by atoms with Crippen LogP contribution in [0.25, 0.3) is 0 Å². The molecule has 0 aliphatic carbocycles. The van der Waals surface area contributed by atoms with E-state index in [-0.39, 0.29) is 40.3 Å². The fourth-order valence-electron chi connectivity index (χ4n) is 2.40. The molecule has 0 radical (unpaired) electrons. The Morgan fingerprint density at radius 2 is 2.16 bits per heavy atom. The second kappa shape index (κ2) is 9.92. The molecule has 0 unspecified atom stereocenters. The van der Waals surface area contributed by atoms with Gasteiger partial charge in [-0.3, -0.25) is 15.5 Å². The first-order chi connectivity index (χ1) is 14.9. The molecule has 0 atom stereocenters. The van der Waals surface area contributed by atoms with Crippen LogP contribution in [0.5, 0.6) is 0 Å². The molecular weight excluding hydrogens is 449 g/mol. The quantitative estimate of drug-likeness (QED) is 0.200. The van der Waals surface area contributed by atoms with E-state index < -0.39 is 10.9 Å². The van der Waals surface area contributed by atoms with Crippen molar-refractivity contribution in [1.29, 1.82) is 0 Å². The summed E-state index contributed by atoms with van der Waals surface area (Å²) in [7, 11) is 0. The fraction of sp³-hybridized carbons (Fsp3) is 0.105. The Balaban J connectivity index is 1.84. The van der Waals surface area contributed by atoms with Crippen LogP contribution in [0.4, 0.5) is 23.1 Å². The third-order valence-electron chi connectivity index (χ3n) is 3.76. The molecule has 0 bridgehead atoms. The molecule has 0 fully saturated rings. The van der Waals surface area contributed by atoms with Crippen LogP contribution in [0.2, 0.25) is 10.0 Å². The molecule has 1 aromatic carbocycles. The van der Waals surface area contributed by atoms with Gasteiger partial charge in [-0.25, -0.2) is 9.78 Å². The highest BCUT2D eigenvalue weighted by Gasteiger charge is 2.25. The number of carbonyl (C=O) groups is 1. The van der Waals surface area contributed by atoms with Gasteiger partial charge in [0.2, 0.25) is 5.88 Å². The first kappa shape index (κ1) is 22.1. The van der Waals surface area contributed by atoms with Crippen molar-refractivity contribution in [3.63, 3.8) is 0 Å². The van der Waals surface area contributed by atoms with Crippen LogP contribution in [0, 0.1) is 10.1 Å². The average Bonchev–Trinajstić information content (AvgIpc) is 3.03. The summed E-state index contributed by atoms with van der Waals surface area (Å²) in [5, 5.41) is 18.0. The minimum atomic E-state index is -0.676. The summed E-state index contributed by atoms with van der Waals surface area (Å²) >= 11 is 12.3. The molecule has 2 heterocycles. The van der Waals surface area contributed by atoms with Gasteiger partial charge in [0.25, 0.3) is 5.69 Å². The monoisotopic (exact) mass is 463 g/mol. The minimum absolute atomic E-state index is 0.00148. The Bertz CT molecular complexity index is 1130. The van der Waals surface area contributed by atoms with E-state index in [9.17, 15) is 14.9 Å². The molecule has 0 aliphatic rings. The van der Waals surface area contributed by atoms with Gasteiger partial charge in [-0.05, 0) is 31.2 Å². The predicted octanol–water partition coefficient (Wildman–Crippen LogP) is 5.26. The number of hydrogen-bond acceptors (Lipinski definition) is 9. The molecule has 2 aromatic heterocycles. The number of nitrogens with zero attached hydrogens (tertiary/aromatic N) is 3. The molecule has 0 saturated heterocycles. The van der Waals surface area contributed by atoms with E-state index >= 15 is 0 Å². The van der Waals surface area contributed by atoms with Gasteiger partial charge in [-0.1, -0.05) is 29.3 Å². The maximum atomic E-state index is 12.4. The van der Waals surface area contributed by atoms with Gasteiger partial charge in [0.15, 0.2) is 5.76 Å². The fourth-order valence-corrected chi connectivity index (χ4v) is 2.84. The predicted molar refractivity (Wildman–Crippen MR) is 117 cm³/mol. The summed E-state index contributed by atoms with van der Waals surface area (Å²) in [5.74, 6) is -0.290. The number of anilines is 3. The molecule has 3 rings (SSSR count). The normalized spacial score (nSPS) is 10.8. The van der Waals surface area contributed by atoms with Crippen LogP contribution in [-0.2, 0) is 4.74 Å². The highest BCUT2D eigenvalue weighted by Crippen LogP contribution is 2.34. The summed E-state index contributed by atoms with van der Waals surface area (Å²) in [4.78, 5) is 26.4. The zero-order valence-corrected chi connectivity index (χ0v) is 17.5. The number of hydrazone groups is 1. The number of nitrogens with one attached hydrogen (secondary N) is 2. The first-order valence-electron chi connectivity index (χ1n) is 8.80. The van der Waals surface area contributed by atoms with Gasteiger partial charge in [0.05, 0.1) is 17.7 Å². The molecule has 31 heavy (non-hydrogen) atoms. The number of rotatable bonds is 8. The Hall–Kier alpha value is -3.63. The standard InChI is InChI=1S/C19H15Cl2N5O5/c1-2-30-19(27)16-17(21)14(31-18(16)24-12-5-3-4-11(20)8-12)10-23-25-15-7-6-13(9-22-15)26(28)29/h3-10,24H,2H2,1H3,(H,22,25)/b23-10+. The largest absolute Gasteiger partial charge is 0.462 e. The highest BCUT2D eigenvalue weighted by molar-refractivity contribution is 6.36. The molecule has 2 N–H and O–H groups in total. The van der Waals surface area contributed by atoms with Crippen LogP contribution in [0.15, 0.2) is 52.1 Å². The lowest BCUT2D eigenvalue weighted by Gasteiger charge is -2.06. The van der Waals surface area contributed by atoms with Gasteiger partial charge >= 0.3 is 5.97 Å². The lowest BCUT2D eigenvalue weighted by Crippen LogP contribution is -2.06. The minimum Gasteiger partial charge on any atom is -0.462 e. The van der Waals surface area contributed by atoms with E-state index in [2.05, 4.69) is 20.8 Å². The van der Waals surface area contributed by atoms with Crippen LogP contribution in [-0.4, -0.2) is 28.7 Å². The smallest absolute Gasteiger partial charge is 0.345 e. The number of halogens is 2. The number of benzene rings is 1. The van der Waals surface area contributed by atoms with Crippen molar-refractivity contribution in [1.82, 2.24) is 4.98 Å². The van der Waals surface area contributed by atoms with Crippen molar-refractivity contribution in [2.24, 2.45) is 5.10 Å². The summed E-state index contributed by atoms with van der Waals surface area (Å²) in [6.07, 6.45) is 2.32. The third-order valence-corrected chi connectivity index (χ3v) is 4.37. The summed E-state index contributed by atoms with van der Waals surface area (Å²) in [6, 6.07) is 9.45. The van der Waals surface area contributed by atoms with Crippen molar-refractivity contribution < 1.29 is 18.9 Å². The SMILES string of the molecule is CCOC(=O)c1c(Nc2cccc(Cl)c2)oc(/C=N/Nc2ccc([N+](=O)[O-])cn2)c1Cl. The molecular formula is C19H15Cl2N5O5. The van der Waals surface area contributed by atoms with Gasteiger partial charge in [0, 0.05) is 16.8 Å². The number of nitro groups is 1. The molecule has 160 valence electrons. The highest BCUT2D eigenvalue weighted by atomic mass is 35.5. The van der Waals surface area contributed by atoms with Crippen molar-refractivity contribution in [2.45, 2.75) is 6.92 Å². The lowest BCUT2D eigenvalue weighted by molar-refractivity contribution is -0.385. The number of carbonyl (C=O) groups excluding carboxylic acids is 1. The number of furan rings is 1. The van der Waals surface area contributed by atoms with E-state index in [4.69, 9.17) is 32.4 Å². The first-order valence-corrected chi connectivity index (χ1v) is 9.56. The van der Waals surface area contributed by atoms with E-state index in [0.29, 0.717) is 10.7 Å². The van der Waals surface area contributed by atoms with Crippen LogP contribution in [0.3, 0.4) is 0 Å². The summed E-state index contributed by atoms with van der Waals surface area (Å²) in [6.45, 7) is 1.81. The van der Waals surface area contributed by atoms with Gasteiger partial charge in [0.1, 0.15) is 22.6 Å². The molecule has 12 heteroatoms. The van der Waals surface area contributed by atoms with E-state index in [1.807, 2.05) is 0 Å². The maximum Gasteiger partial charge on any atom is 0.345 e. The van der Waals surface area contributed by atoms with E-state index in [1.54, 1.807) is 31.2 Å². The van der Waals surface area contributed by atoms with Crippen LogP contribution < -0.4 is 10.7 Å². The molecule has 10 nitrogen and oxygen atoms in total. The lowest BCUT2D eigenvalue weighted by atomic mass is 10.2. The number of pyridine rings is 1. The molecule has 0 amide bonds. The second-order valence-electron chi connectivity index (χ2n) is 5.87. The zero-order chi connectivity index (χ0) is 22.4. The number of hydrogen-bond donors (Lipinski definition) is 2. The zero-order valence-electron chi connectivity index (χ0n) is 16.0. The van der Waals surface area contributed by atoms with Crippen molar-refractivity contribution in [2.75, 3.05) is 17.3 Å². The van der Waals surface area contributed by atoms with Crippen molar-refractivity contribution >= 4 is 58.5 Å². The Morgan fingerprint density at radius 1 is 1.35 bits per heavy atom. The summed E-state index contributed by atoms with van der Waals surface area (Å²) < 4.78 is 10.7. The topological polar surface area (TPSA) is 132 Å². The Labute approximate surface area is 186 Å². The van der Waals surface area contributed by atoms with Gasteiger partial charge in [-0.15, -0.1) is 0 Å². The van der Waals surface area contributed by atoms with Crippen molar-refractivity contribution in [3.8, 4) is 0 Å². The molecule has 0 saturated carbocycles. The van der Waals surface area contributed by atoms with Crippen LogP contribution in [0.1, 0.15) is 23.0 Å².